The Balaban J connectivity index is 1.42. The fourth-order valence-corrected chi connectivity index (χ4v) is 4.64. The molecule has 2 N–H and O–H groups in total. The number of likely N-dealkylation sites (tertiary alicyclic amines) is 1. The Bertz CT molecular complexity index is 981. The van der Waals surface area contributed by atoms with Gasteiger partial charge < -0.3 is 14.8 Å². The predicted octanol–water partition coefficient (Wildman–Crippen LogP) is 2.09. The maximum absolute atomic E-state index is 12.7. The summed E-state index contributed by atoms with van der Waals surface area (Å²) in [5.41, 5.74) is 0.883. The fraction of sp³-hybridized carbons (Fsp3) is 0.381. The third-order valence-electron chi connectivity index (χ3n) is 5.51. The molecule has 0 bridgehead atoms. The molecular formula is C21H26N5OS+. The summed E-state index contributed by atoms with van der Waals surface area (Å²) < 4.78 is 2.09. The minimum Gasteiger partial charge on any atom is -0.327 e. The van der Waals surface area contributed by atoms with Crippen molar-refractivity contribution in [2.75, 3.05) is 31.2 Å². The third kappa shape index (κ3) is 3.91. The zero-order valence-corrected chi connectivity index (χ0v) is 17.1. The predicted molar refractivity (Wildman–Crippen MR) is 113 cm³/mol. The van der Waals surface area contributed by atoms with Crippen LogP contribution in [-0.2, 0) is 11.8 Å². The van der Waals surface area contributed by atoms with E-state index < -0.39 is 0 Å². The van der Waals surface area contributed by atoms with E-state index in [4.69, 9.17) is 0 Å². The van der Waals surface area contributed by atoms with Gasteiger partial charge in [0.05, 0.1) is 19.0 Å². The first-order valence-electron chi connectivity index (χ1n) is 9.70. The van der Waals surface area contributed by atoms with Crippen LogP contribution in [0.15, 0.2) is 47.6 Å². The number of hydrogen-bond donors (Lipinski definition) is 2. The van der Waals surface area contributed by atoms with Gasteiger partial charge in [-0.2, -0.15) is 0 Å². The summed E-state index contributed by atoms with van der Waals surface area (Å²) in [6.07, 6.45) is 4.22. The van der Waals surface area contributed by atoms with Crippen LogP contribution in [0, 0.1) is 0 Å². The van der Waals surface area contributed by atoms with Crippen LogP contribution in [-0.4, -0.2) is 46.6 Å². The van der Waals surface area contributed by atoms with E-state index in [0.717, 1.165) is 53.4 Å². The lowest BCUT2D eigenvalue weighted by molar-refractivity contribution is -0.898. The molecule has 1 aromatic heterocycles. The van der Waals surface area contributed by atoms with Gasteiger partial charge in [-0.25, -0.2) is 0 Å². The van der Waals surface area contributed by atoms with Crippen molar-refractivity contribution >= 4 is 34.1 Å². The van der Waals surface area contributed by atoms with Gasteiger partial charge in [-0.3, -0.25) is 4.79 Å². The monoisotopic (exact) mass is 396 g/mol. The van der Waals surface area contributed by atoms with E-state index >= 15 is 0 Å². The second-order valence-corrected chi connectivity index (χ2v) is 8.17. The summed E-state index contributed by atoms with van der Waals surface area (Å²) in [6.45, 7) is 2.42. The summed E-state index contributed by atoms with van der Waals surface area (Å²) in [5.74, 6) is 1.46. The van der Waals surface area contributed by atoms with Crippen molar-refractivity contribution in [3.63, 3.8) is 0 Å². The summed E-state index contributed by atoms with van der Waals surface area (Å²) in [7, 11) is 2.03. The lowest BCUT2D eigenvalue weighted by Crippen LogP contribution is -3.14. The molecule has 3 aromatic rings. The molecule has 7 heteroatoms. The van der Waals surface area contributed by atoms with Gasteiger partial charge in [0.1, 0.15) is 5.82 Å². The van der Waals surface area contributed by atoms with Gasteiger partial charge in [0.25, 0.3) is 5.91 Å². The number of piperidine rings is 1. The normalized spacial score (nSPS) is 19.6. The number of quaternary nitrogens is 1. The Morgan fingerprint density at radius 2 is 2.07 bits per heavy atom. The average Bonchev–Trinajstić information content (AvgIpc) is 3.09. The number of carbonyl (C=O) groups excluding carboxylic acids is 1. The number of amides is 1. The van der Waals surface area contributed by atoms with E-state index in [1.54, 1.807) is 11.8 Å². The van der Waals surface area contributed by atoms with Gasteiger partial charge in [0, 0.05) is 18.1 Å². The summed E-state index contributed by atoms with van der Waals surface area (Å²) >= 11 is 1.61. The summed E-state index contributed by atoms with van der Waals surface area (Å²) in [5, 5.41) is 14.9. The first-order chi connectivity index (χ1) is 13.7. The highest BCUT2D eigenvalue weighted by Gasteiger charge is 2.29. The van der Waals surface area contributed by atoms with Gasteiger partial charge in [-0.05, 0) is 30.6 Å². The van der Waals surface area contributed by atoms with Gasteiger partial charge in [0.15, 0.2) is 11.7 Å². The third-order valence-corrected chi connectivity index (χ3v) is 6.23. The Hall–Kier alpha value is -2.38. The molecule has 1 fully saturated rings. The SMILES string of the molecule is CSc1nnc([C@H]2CCC[NH+](CC(=O)Nc3cccc4ccccc34)C2)n1C. The zero-order valence-electron chi connectivity index (χ0n) is 16.3. The number of hydrogen-bond acceptors (Lipinski definition) is 4. The maximum atomic E-state index is 12.7. The summed E-state index contributed by atoms with van der Waals surface area (Å²) in [6, 6.07) is 14.1. The number of benzene rings is 2. The maximum Gasteiger partial charge on any atom is 0.279 e. The smallest absolute Gasteiger partial charge is 0.279 e. The van der Waals surface area contributed by atoms with Crippen molar-refractivity contribution in [1.82, 2.24) is 14.8 Å². The lowest BCUT2D eigenvalue weighted by Gasteiger charge is -2.28. The van der Waals surface area contributed by atoms with Crippen LogP contribution < -0.4 is 10.2 Å². The highest BCUT2D eigenvalue weighted by molar-refractivity contribution is 7.98. The molecule has 0 spiro atoms. The topological polar surface area (TPSA) is 64.2 Å². The molecule has 28 heavy (non-hydrogen) atoms. The van der Waals surface area contributed by atoms with Crippen molar-refractivity contribution in [3.8, 4) is 0 Å². The van der Waals surface area contributed by atoms with E-state index in [-0.39, 0.29) is 5.91 Å². The molecule has 1 amide bonds. The molecule has 4 rings (SSSR count). The molecule has 0 radical (unpaired) electrons. The molecule has 0 aliphatic carbocycles. The number of nitrogens with one attached hydrogen (secondary N) is 2. The van der Waals surface area contributed by atoms with Crippen molar-refractivity contribution in [1.29, 1.82) is 0 Å². The minimum absolute atomic E-state index is 0.0646. The molecule has 2 heterocycles. The minimum atomic E-state index is 0.0646. The first kappa shape index (κ1) is 19.0. The Morgan fingerprint density at radius 1 is 1.25 bits per heavy atom. The molecular weight excluding hydrogens is 370 g/mol. The zero-order chi connectivity index (χ0) is 19.5. The standard InChI is InChI=1S/C21H25N5OS/c1-25-20(23-24-21(25)28-2)16-9-6-12-26(13-16)14-19(27)22-18-11-5-8-15-7-3-4-10-17(15)18/h3-5,7-8,10-11,16H,6,9,12-14H2,1-2H3,(H,22,27)/p+1/t16-/m0/s1. The van der Waals surface area contributed by atoms with E-state index in [2.05, 4.69) is 32.2 Å². The van der Waals surface area contributed by atoms with Crippen LogP contribution in [0.4, 0.5) is 5.69 Å². The van der Waals surface area contributed by atoms with Crippen LogP contribution in [0.3, 0.4) is 0 Å². The Labute approximate surface area is 169 Å². The molecule has 1 aliphatic heterocycles. The second kappa shape index (κ2) is 8.32. The number of aromatic nitrogens is 3. The second-order valence-electron chi connectivity index (χ2n) is 7.40. The van der Waals surface area contributed by atoms with Crippen LogP contribution in [0.25, 0.3) is 10.8 Å². The lowest BCUT2D eigenvalue weighted by atomic mass is 9.97. The van der Waals surface area contributed by atoms with Gasteiger partial charge in [-0.15, -0.1) is 10.2 Å². The van der Waals surface area contributed by atoms with Crippen LogP contribution in [0.2, 0.25) is 0 Å². The molecule has 6 nitrogen and oxygen atoms in total. The van der Waals surface area contributed by atoms with Crippen molar-refractivity contribution < 1.29 is 9.69 Å². The van der Waals surface area contributed by atoms with E-state index in [9.17, 15) is 4.79 Å². The van der Waals surface area contributed by atoms with Gasteiger partial charge in [0.2, 0.25) is 0 Å². The van der Waals surface area contributed by atoms with Crippen molar-refractivity contribution in [2.45, 2.75) is 23.9 Å². The molecule has 146 valence electrons. The van der Waals surface area contributed by atoms with E-state index in [0.29, 0.717) is 12.5 Å². The first-order valence-corrected chi connectivity index (χ1v) is 10.9. The molecule has 0 saturated carbocycles. The highest BCUT2D eigenvalue weighted by Crippen LogP contribution is 2.24. The fourth-order valence-electron chi connectivity index (χ4n) is 4.15. The van der Waals surface area contributed by atoms with Crippen LogP contribution in [0.5, 0.6) is 0 Å². The molecule has 1 saturated heterocycles. The van der Waals surface area contributed by atoms with Gasteiger partial charge >= 0.3 is 0 Å². The van der Waals surface area contributed by atoms with E-state index in [1.807, 2.05) is 43.6 Å². The molecule has 1 unspecified atom stereocenters. The number of carbonyl (C=O) groups is 1. The van der Waals surface area contributed by atoms with Crippen molar-refractivity contribution in [2.24, 2.45) is 7.05 Å². The highest BCUT2D eigenvalue weighted by atomic mass is 32.2. The average molecular weight is 397 g/mol. The van der Waals surface area contributed by atoms with Crippen molar-refractivity contribution in [3.05, 3.63) is 48.3 Å². The molecule has 1 aliphatic rings. The van der Waals surface area contributed by atoms with Crippen LogP contribution >= 0.6 is 11.8 Å². The number of thioether (sulfide) groups is 1. The molecule has 2 atom stereocenters. The number of anilines is 1. The quantitative estimate of drug-likeness (QED) is 0.649. The van der Waals surface area contributed by atoms with Crippen LogP contribution in [0.1, 0.15) is 24.6 Å². The van der Waals surface area contributed by atoms with E-state index in [1.165, 1.54) is 4.90 Å². The Morgan fingerprint density at radius 3 is 2.89 bits per heavy atom. The number of rotatable bonds is 5. The van der Waals surface area contributed by atoms with Gasteiger partial charge in [-0.1, -0.05) is 48.2 Å². The summed E-state index contributed by atoms with van der Waals surface area (Å²) in [4.78, 5) is 14.0. The number of fused-ring (bicyclic) bond motifs is 1. The molecule has 2 aromatic carbocycles. The Kier molecular flexibility index (Phi) is 5.64. The largest absolute Gasteiger partial charge is 0.327 e. The number of nitrogens with zero attached hydrogens (tertiary/aromatic N) is 3.